The number of carbonyl (C=O) groups is 3. The Morgan fingerprint density at radius 3 is 2.22 bits per heavy atom. The number of nitrogens with one attached hydrogen (secondary N) is 2. The Morgan fingerprint density at radius 2 is 1.67 bits per heavy atom. The predicted octanol–water partition coefficient (Wildman–Crippen LogP) is 2.77. The van der Waals surface area contributed by atoms with Crippen molar-refractivity contribution < 1.29 is 14.4 Å². The van der Waals surface area contributed by atoms with Crippen molar-refractivity contribution >= 4 is 23.5 Å². The minimum absolute atomic E-state index is 0.160. The molecular weight excluding hydrogens is 344 g/mol. The summed E-state index contributed by atoms with van der Waals surface area (Å²) >= 11 is 0. The van der Waals surface area contributed by atoms with Crippen LogP contribution < -0.4 is 5.32 Å². The molecule has 2 heterocycles. The van der Waals surface area contributed by atoms with Gasteiger partial charge in [-0.1, -0.05) is 24.3 Å². The lowest BCUT2D eigenvalue weighted by atomic mass is 10.1. The lowest BCUT2D eigenvalue weighted by Crippen LogP contribution is -2.29. The summed E-state index contributed by atoms with van der Waals surface area (Å²) in [6.45, 7) is 2.00. The van der Waals surface area contributed by atoms with E-state index in [4.69, 9.17) is 0 Å². The van der Waals surface area contributed by atoms with Gasteiger partial charge in [0, 0.05) is 17.3 Å². The molecule has 3 amide bonds. The van der Waals surface area contributed by atoms with Gasteiger partial charge in [-0.3, -0.25) is 24.4 Å². The average Bonchev–Trinajstić information content (AvgIpc) is 3.19. The van der Waals surface area contributed by atoms with Crippen LogP contribution in [0.3, 0.4) is 0 Å². The summed E-state index contributed by atoms with van der Waals surface area (Å²) < 4.78 is 0. The maximum absolute atomic E-state index is 12.4. The van der Waals surface area contributed by atoms with E-state index in [1.54, 1.807) is 54.6 Å². The Hall–Kier alpha value is -3.74. The number of imide groups is 1. The number of aromatic amines is 1. The van der Waals surface area contributed by atoms with Gasteiger partial charge in [0.15, 0.2) is 5.82 Å². The monoisotopic (exact) mass is 360 g/mol. The second-order valence-corrected chi connectivity index (χ2v) is 6.33. The standard InChI is InChI=1S/C20H16N4O3/c1-12-10-17(23-22-12)21-18(25)14-8-6-13(7-9-14)11-24-19(26)15-4-2-3-5-16(15)20(24)27/h2-10H,11H2,1H3,(H2,21,22,23,25). The lowest BCUT2D eigenvalue weighted by molar-refractivity contribution is 0.0642. The Morgan fingerprint density at radius 1 is 1.04 bits per heavy atom. The van der Waals surface area contributed by atoms with E-state index in [1.165, 1.54) is 4.90 Å². The van der Waals surface area contributed by atoms with Crippen molar-refractivity contribution in [3.63, 3.8) is 0 Å². The highest BCUT2D eigenvalue weighted by Crippen LogP contribution is 2.24. The molecule has 0 spiro atoms. The summed E-state index contributed by atoms with van der Waals surface area (Å²) in [5.41, 5.74) is 2.92. The molecule has 0 atom stereocenters. The summed E-state index contributed by atoms with van der Waals surface area (Å²) in [5, 5.41) is 9.42. The molecule has 0 unspecified atom stereocenters. The van der Waals surface area contributed by atoms with Gasteiger partial charge in [-0.05, 0) is 36.8 Å². The van der Waals surface area contributed by atoms with Gasteiger partial charge in [0.25, 0.3) is 17.7 Å². The normalized spacial score (nSPS) is 13.0. The molecule has 2 aromatic carbocycles. The Balaban J connectivity index is 1.46. The Labute approximate surface area is 155 Å². The Bertz CT molecular complexity index is 1020. The maximum atomic E-state index is 12.4. The quantitative estimate of drug-likeness (QED) is 0.700. The van der Waals surface area contributed by atoms with Crippen LogP contribution in [0.2, 0.25) is 0 Å². The first kappa shape index (κ1) is 16.7. The first-order chi connectivity index (χ1) is 13.0. The van der Waals surface area contributed by atoms with E-state index < -0.39 is 0 Å². The number of nitrogens with zero attached hydrogens (tertiary/aromatic N) is 2. The summed E-state index contributed by atoms with van der Waals surface area (Å²) in [6, 6.07) is 15.3. The molecule has 3 aromatic rings. The van der Waals surface area contributed by atoms with Crippen molar-refractivity contribution in [1.82, 2.24) is 15.1 Å². The molecule has 134 valence electrons. The number of benzene rings is 2. The molecule has 7 heteroatoms. The molecule has 0 radical (unpaired) electrons. The van der Waals surface area contributed by atoms with Gasteiger partial charge < -0.3 is 5.32 Å². The number of H-pyrrole nitrogens is 1. The fraction of sp³-hybridized carbons (Fsp3) is 0.100. The van der Waals surface area contributed by atoms with Crippen LogP contribution in [0.1, 0.15) is 42.3 Å². The molecular formula is C20H16N4O3. The largest absolute Gasteiger partial charge is 0.305 e. The van der Waals surface area contributed by atoms with Crippen LogP contribution in [0, 0.1) is 6.92 Å². The van der Waals surface area contributed by atoms with Crippen molar-refractivity contribution in [2.24, 2.45) is 0 Å². The third-order valence-corrected chi connectivity index (χ3v) is 4.38. The molecule has 27 heavy (non-hydrogen) atoms. The van der Waals surface area contributed by atoms with Gasteiger partial charge in [-0.15, -0.1) is 0 Å². The number of hydrogen-bond acceptors (Lipinski definition) is 4. The van der Waals surface area contributed by atoms with Crippen molar-refractivity contribution in [2.45, 2.75) is 13.5 Å². The van der Waals surface area contributed by atoms with Crippen molar-refractivity contribution in [2.75, 3.05) is 5.32 Å². The topological polar surface area (TPSA) is 95.2 Å². The van der Waals surface area contributed by atoms with Crippen molar-refractivity contribution in [3.05, 3.63) is 82.5 Å². The van der Waals surface area contributed by atoms with Crippen LogP contribution >= 0.6 is 0 Å². The highest BCUT2D eigenvalue weighted by molar-refractivity contribution is 6.21. The number of rotatable bonds is 4. The lowest BCUT2D eigenvalue weighted by Gasteiger charge is -2.14. The van der Waals surface area contributed by atoms with E-state index in [1.807, 2.05) is 6.92 Å². The molecule has 1 aromatic heterocycles. The van der Waals surface area contributed by atoms with E-state index in [0.29, 0.717) is 22.5 Å². The molecule has 0 saturated carbocycles. The van der Waals surface area contributed by atoms with Crippen molar-refractivity contribution in [1.29, 1.82) is 0 Å². The van der Waals surface area contributed by atoms with Crippen LogP contribution in [0.15, 0.2) is 54.6 Å². The van der Waals surface area contributed by atoms with Crippen LogP contribution in [-0.2, 0) is 6.54 Å². The fourth-order valence-corrected chi connectivity index (χ4v) is 3.00. The summed E-state index contributed by atoms with van der Waals surface area (Å²) in [7, 11) is 0. The smallest absolute Gasteiger partial charge is 0.261 e. The van der Waals surface area contributed by atoms with Crippen LogP contribution in [0.4, 0.5) is 5.82 Å². The minimum atomic E-state index is -0.300. The molecule has 1 aliphatic heterocycles. The number of hydrogen-bond donors (Lipinski definition) is 2. The Kier molecular flexibility index (Phi) is 4.04. The van der Waals surface area contributed by atoms with Gasteiger partial charge >= 0.3 is 0 Å². The van der Waals surface area contributed by atoms with Gasteiger partial charge in [0.1, 0.15) is 0 Å². The van der Waals surface area contributed by atoms with Crippen LogP contribution in [-0.4, -0.2) is 32.8 Å². The highest BCUT2D eigenvalue weighted by Gasteiger charge is 2.34. The van der Waals surface area contributed by atoms with Crippen molar-refractivity contribution in [3.8, 4) is 0 Å². The number of aryl methyl sites for hydroxylation is 1. The number of carbonyl (C=O) groups excluding carboxylic acids is 3. The summed E-state index contributed by atoms with van der Waals surface area (Å²) in [4.78, 5) is 38.3. The van der Waals surface area contributed by atoms with Crippen LogP contribution in [0.25, 0.3) is 0 Å². The zero-order chi connectivity index (χ0) is 19.0. The van der Waals surface area contributed by atoms with E-state index in [-0.39, 0.29) is 24.3 Å². The second kappa shape index (κ2) is 6.53. The van der Waals surface area contributed by atoms with E-state index in [9.17, 15) is 14.4 Å². The molecule has 0 fully saturated rings. The first-order valence-electron chi connectivity index (χ1n) is 8.40. The van der Waals surface area contributed by atoms with Gasteiger partial charge in [0.05, 0.1) is 17.7 Å². The first-order valence-corrected chi connectivity index (χ1v) is 8.40. The van der Waals surface area contributed by atoms with Gasteiger partial charge in [0.2, 0.25) is 0 Å². The fourth-order valence-electron chi connectivity index (χ4n) is 3.00. The summed E-state index contributed by atoms with van der Waals surface area (Å²) in [6.07, 6.45) is 0. The SMILES string of the molecule is Cc1cc(NC(=O)c2ccc(CN3C(=O)c4ccccc4C3=O)cc2)n[nH]1. The average molecular weight is 360 g/mol. The van der Waals surface area contributed by atoms with Gasteiger partial charge in [-0.25, -0.2) is 0 Å². The number of fused-ring (bicyclic) bond motifs is 1. The molecule has 7 nitrogen and oxygen atoms in total. The number of amides is 3. The zero-order valence-electron chi connectivity index (χ0n) is 14.5. The molecule has 4 rings (SSSR count). The van der Waals surface area contributed by atoms with E-state index in [0.717, 1.165) is 11.3 Å². The summed E-state index contributed by atoms with van der Waals surface area (Å²) in [5.74, 6) is -0.431. The molecule has 0 bridgehead atoms. The number of aromatic nitrogens is 2. The van der Waals surface area contributed by atoms with Gasteiger partial charge in [-0.2, -0.15) is 5.10 Å². The predicted molar refractivity (Wildman–Crippen MR) is 98.4 cm³/mol. The molecule has 0 aliphatic carbocycles. The van der Waals surface area contributed by atoms with E-state index >= 15 is 0 Å². The second-order valence-electron chi connectivity index (χ2n) is 6.33. The number of anilines is 1. The minimum Gasteiger partial charge on any atom is -0.305 e. The van der Waals surface area contributed by atoms with Crippen LogP contribution in [0.5, 0.6) is 0 Å². The maximum Gasteiger partial charge on any atom is 0.261 e. The van der Waals surface area contributed by atoms with E-state index in [2.05, 4.69) is 15.5 Å². The molecule has 2 N–H and O–H groups in total. The zero-order valence-corrected chi connectivity index (χ0v) is 14.5. The molecule has 0 saturated heterocycles. The third-order valence-electron chi connectivity index (χ3n) is 4.38. The molecule has 1 aliphatic rings. The third kappa shape index (κ3) is 3.10. The highest BCUT2D eigenvalue weighted by atomic mass is 16.2.